The smallest absolute Gasteiger partial charge is 0.261 e. The van der Waals surface area contributed by atoms with Crippen molar-refractivity contribution in [3.63, 3.8) is 0 Å². The molecule has 2 aromatic heterocycles. The van der Waals surface area contributed by atoms with Crippen molar-refractivity contribution in [3.8, 4) is 0 Å². The first-order valence-corrected chi connectivity index (χ1v) is 7.68. The van der Waals surface area contributed by atoms with Gasteiger partial charge in [0.1, 0.15) is 11.6 Å². The summed E-state index contributed by atoms with van der Waals surface area (Å²) >= 11 is 4.48. The summed E-state index contributed by atoms with van der Waals surface area (Å²) in [7, 11) is 0. The number of nitrogens with one attached hydrogen (secondary N) is 2. The van der Waals surface area contributed by atoms with E-state index < -0.39 is 0 Å². The number of anilines is 2. The quantitative estimate of drug-likeness (QED) is 0.861. The molecule has 8 heteroatoms. The van der Waals surface area contributed by atoms with Crippen LogP contribution in [-0.2, 0) is 0 Å². The van der Waals surface area contributed by atoms with E-state index in [2.05, 4.69) is 47.8 Å². The number of carbonyl (C=O) groups is 1. The molecule has 2 N–H and O–H groups in total. The van der Waals surface area contributed by atoms with Crippen molar-refractivity contribution in [1.82, 2.24) is 14.3 Å². The van der Waals surface area contributed by atoms with Crippen molar-refractivity contribution in [2.75, 3.05) is 17.2 Å². The number of hydrogen-bond acceptors (Lipinski definition) is 6. The number of aromatic nitrogens is 3. The van der Waals surface area contributed by atoms with Gasteiger partial charge in [-0.1, -0.05) is 6.92 Å². The largest absolute Gasteiger partial charge is 0.369 e. The van der Waals surface area contributed by atoms with Gasteiger partial charge < -0.3 is 5.32 Å². The molecule has 106 valence electrons. The SMILES string of the molecule is CCCNc1ncc(Br)cc1C(=O)Nc1nc(C)ns1. The lowest BCUT2D eigenvalue weighted by atomic mass is 10.2. The second-order valence-electron chi connectivity index (χ2n) is 4.08. The number of hydrogen-bond donors (Lipinski definition) is 2. The average molecular weight is 356 g/mol. The molecule has 0 spiro atoms. The van der Waals surface area contributed by atoms with Gasteiger partial charge in [0, 0.05) is 28.7 Å². The lowest BCUT2D eigenvalue weighted by Gasteiger charge is -2.10. The van der Waals surface area contributed by atoms with Crippen LogP contribution in [0.2, 0.25) is 0 Å². The number of halogens is 1. The summed E-state index contributed by atoms with van der Waals surface area (Å²) < 4.78 is 4.78. The summed E-state index contributed by atoms with van der Waals surface area (Å²) in [6.07, 6.45) is 2.61. The van der Waals surface area contributed by atoms with Gasteiger partial charge in [-0.25, -0.2) is 9.97 Å². The minimum absolute atomic E-state index is 0.256. The van der Waals surface area contributed by atoms with Crippen LogP contribution in [0.25, 0.3) is 0 Å². The van der Waals surface area contributed by atoms with Crippen LogP contribution in [0.4, 0.5) is 10.9 Å². The summed E-state index contributed by atoms with van der Waals surface area (Å²) in [5.41, 5.74) is 0.473. The molecule has 0 saturated heterocycles. The van der Waals surface area contributed by atoms with E-state index in [9.17, 15) is 4.79 Å². The minimum Gasteiger partial charge on any atom is -0.369 e. The van der Waals surface area contributed by atoms with Crippen LogP contribution < -0.4 is 10.6 Å². The Morgan fingerprint density at radius 1 is 1.50 bits per heavy atom. The topological polar surface area (TPSA) is 79.8 Å². The van der Waals surface area contributed by atoms with Gasteiger partial charge in [-0.15, -0.1) is 0 Å². The summed E-state index contributed by atoms with van der Waals surface area (Å²) in [6.45, 7) is 4.59. The molecule has 0 aliphatic heterocycles. The van der Waals surface area contributed by atoms with Crippen LogP contribution in [0.1, 0.15) is 29.5 Å². The Kier molecular flexibility index (Phi) is 5.02. The van der Waals surface area contributed by atoms with Crippen LogP contribution >= 0.6 is 27.5 Å². The number of carbonyl (C=O) groups excluding carboxylic acids is 1. The Bertz CT molecular complexity index is 616. The maximum atomic E-state index is 12.3. The number of pyridine rings is 1. The maximum Gasteiger partial charge on any atom is 0.261 e. The predicted molar refractivity (Wildman–Crippen MR) is 83.3 cm³/mol. The maximum absolute atomic E-state index is 12.3. The number of aryl methyl sites for hydroxylation is 1. The predicted octanol–water partition coefficient (Wildman–Crippen LogP) is 3.08. The van der Waals surface area contributed by atoms with Crippen LogP contribution in [-0.4, -0.2) is 26.8 Å². The Hall–Kier alpha value is -1.54. The van der Waals surface area contributed by atoms with E-state index in [1.807, 2.05) is 0 Å². The second kappa shape index (κ2) is 6.76. The summed E-state index contributed by atoms with van der Waals surface area (Å²) in [5.74, 6) is 0.948. The molecule has 6 nitrogen and oxygen atoms in total. The second-order valence-corrected chi connectivity index (χ2v) is 5.74. The first kappa shape index (κ1) is 14.9. The van der Waals surface area contributed by atoms with Gasteiger partial charge in [-0.3, -0.25) is 10.1 Å². The van der Waals surface area contributed by atoms with E-state index in [-0.39, 0.29) is 5.91 Å². The average Bonchev–Trinajstić information content (AvgIpc) is 2.82. The molecule has 2 aromatic rings. The van der Waals surface area contributed by atoms with E-state index in [1.54, 1.807) is 19.2 Å². The van der Waals surface area contributed by atoms with Crippen LogP contribution in [0.3, 0.4) is 0 Å². The number of rotatable bonds is 5. The molecule has 0 aliphatic carbocycles. The fourth-order valence-electron chi connectivity index (χ4n) is 1.51. The fourth-order valence-corrected chi connectivity index (χ4v) is 2.41. The van der Waals surface area contributed by atoms with Crippen molar-refractivity contribution in [2.45, 2.75) is 20.3 Å². The first-order chi connectivity index (χ1) is 9.60. The van der Waals surface area contributed by atoms with Crippen LogP contribution in [0.15, 0.2) is 16.7 Å². The Labute approximate surface area is 129 Å². The van der Waals surface area contributed by atoms with Gasteiger partial charge >= 0.3 is 0 Å². The third-order valence-electron chi connectivity index (χ3n) is 2.39. The molecule has 1 amide bonds. The molecule has 0 fully saturated rings. The Morgan fingerprint density at radius 3 is 2.95 bits per heavy atom. The van der Waals surface area contributed by atoms with Crippen molar-refractivity contribution in [1.29, 1.82) is 0 Å². The van der Waals surface area contributed by atoms with Crippen molar-refractivity contribution in [2.24, 2.45) is 0 Å². The highest BCUT2D eigenvalue weighted by atomic mass is 79.9. The van der Waals surface area contributed by atoms with Gasteiger partial charge in [-0.05, 0) is 35.3 Å². The molecule has 0 radical (unpaired) electrons. The van der Waals surface area contributed by atoms with Gasteiger partial charge in [-0.2, -0.15) is 4.37 Å². The molecule has 0 saturated carbocycles. The third-order valence-corrected chi connectivity index (χ3v) is 3.54. The Balaban J connectivity index is 2.21. The van der Waals surface area contributed by atoms with Gasteiger partial charge in [0.05, 0.1) is 5.56 Å². The van der Waals surface area contributed by atoms with Crippen LogP contribution in [0.5, 0.6) is 0 Å². The molecule has 0 bridgehead atoms. The zero-order valence-electron chi connectivity index (χ0n) is 11.1. The Morgan fingerprint density at radius 2 is 2.30 bits per heavy atom. The van der Waals surface area contributed by atoms with Crippen LogP contribution in [0, 0.1) is 6.92 Å². The van der Waals surface area contributed by atoms with E-state index in [0.717, 1.165) is 29.0 Å². The number of nitrogens with zero attached hydrogens (tertiary/aromatic N) is 3. The lowest BCUT2D eigenvalue weighted by Crippen LogP contribution is -2.16. The molecule has 20 heavy (non-hydrogen) atoms. The van der Waals surface area contributed by atoms with E-state index in [4.69, 9.17) is 0 Å². The third kappa shape index (κ3) is 3.73. The molecule has 2 heterocycles. The highest BCUT2D eigenvalue weighted by molar-refractivity contribution is 9.10. The molecule has 0 unspecified atom stereocenters. The molecular formula is C12H14BrN5OS. The van der Waals surface area contributed by atoms with Gasteiger partial charge in [0.25, 0.3) is 5.91 Å². The van der Waals surface area contributed by atoms with E-state index in [1.165, 1.54) is 0 Å². The fraction of sp³-hybridized carbons (Fsp3) is 0.333. The zero-order chi connectivity index (χ0) is 14.5. The van der Waals surface area contributed by atoms with Gasteiger partial charge in [0.15, 0.2) is 0 Å². The lowest BCUT2D eigenvalue weighted by molar-refractivity contribution is 0.102. The molecule has 0 aliphatic rings. The highest BCUT2D eigenvalue weighted by Crippen LogP contribution is 2.20. The normalized spacial score (nSPS) is 10.3. The van der Waals surface area contributed by atoms with Crippen molar-refractivity contribution < 1.29 is 4.79 Å². The highest BCUT2D eigenvalue weighted by Gasteiger charge is 2.15. The minimum atomic E-state index is -0.256. The van der Waals surface area contributed by atoms with Crippen molar-refractivity contribution >= 4 is 44.3 Å². The molecule has 2 rings (SSSR count). The number of amides is 1. The van der Waals surface area contributed by atoms with Gasteiger partial charge in [0.2, 0.25) is 5.13 Å². The monoisotopic (exact) mass is 355 g/mol. The summed E-state index contributed by atoms with van der Waals surface area (Å²) in [6, 6.07) is 1.73. The van der Waals surface area contributed by atoms with E-state index in [0.29, 0.717) is 22.3 Å². The molecular weight excluding hydrogens is 342 g/mol. The summed E-state index contributed by atoms with van der Waals surface area (Å²) in [4.78, 5) is 20.6. The molecule has 0 atom stereocenters. The summed E-state index contributed by atoms with van der Waals surface area (Å²) in [5, 5.41) is 6.35. The zero-order valence-corrected chi connectivity index (χ0v) is 13.5. The molecule has 0 aromatic carbocycles. The standard InChI is InChI=1S/C12H14BrN5OS/c1-3-4-14-10-9(5-8(13)6-15-10)11(19)17-12-16-7(2)18-20-12/h5-6H,3-4H2,1-2H3,(H,14,15)(H,16,17,18,19). The van der Waals surface area contributed by atoms with E-state index >= 15 is 0 Å². The first-order valence-electron chi connectivity index (χ1n) is 6.11. The van der Waals surface area contributed by atoms with Crippen molar-refractivity contribution in [3.05, 3.63) is 28.1 Å².